The minimum atomic E-state index is -0.989. The fourth-order valence-electron chi connectivity index (χ4n) is 4.80. The van der Waals surface area contributed by atoms with Gasteiger partial charge in [-0.1, -0.05) is 30.3 Å². The van der Waals surface area contributed by atoms with Gasteiger partial charge in [0.1, 0.15) is 29.5 Å². The third-order valence-corrected chi connectivity index (χ3v) is 6.59. The summed E-state index contributed by atoms with van der Waals surface area (Å²) in [4.78, 5) is 65.8. The zero-order chi connectivity index (χ0) is 36.1. The first kappa shape index (κ1) is 39.9. The molecule has 1 fully saturated rings. The second-order valence-corrected chi connectivity index (χ2v) is 14.8. The van der Waals surface area contributed by atoms with E-state index in [0.717, 1.165) is 5.56 Å². The second kappa shape index (κ2) is 17.8. The van der Waals surface area contributed by atoms with E-state index in [1.54, 1.807) is 62.3 Å². The largest absolute Gasteiger partial charge is 0.445 e. The van der Waals surface area contributed by atoms with Crippen molar-refractivity contribution in [3.63, 3.8) is 0 Å². The van der Waals surface area contributed by atoms with Crippen LogP contribution in [0.4, 0.5) is 19.2 Å². The summed E-state index contributed by atoms with van der Waals surface area (Å²) in [5, 5.41) is 11.0. The Balaban J connectivity index is 2.18. The number of carbonyl (C=O) groups excluding carboxylic acids is 5. The molecule has 1 heterocycles. The predicted molar refractivity (Wildman–Crippen MR) is 179 cm³/mol. The average molecular weight is 678 g/mol. The summed E-state index contributed by atoms with van der Waals surface area (Å²) in [5.41, 5.74) is -1.33. The van der Waals surface area contributed by atoms with Crippen LogP contribution in [0.5, 0.6) is 0 Å². The molecule has 1 aliphatic heterocycles. The van der Waals surface area contributed by atoms with Gasteiger partial charge in [0, 0.05) is 19.6 Å². The lowest BCUT2D eigenvalue weighted by atomic mass is 9.99. The summed E-state index contributed by atoms with van der Waals surface area (Å²) in [6.45, 7) is 16.3. The normalized spacial score (nSPS) is 17.3. The van der Waals surface area contributed by atoms with E-state index in [9.17, 15) is 24.0 Å². The number of rotatable bonds is 11. The van der Waals surface area contributed by atoms with E-state index in [0.29, 0.717) is 25.8 Å². The SMILES string of the molecule is CC(C)(C)OC(=O)NCCCC[C@H](NC(=O)OCc1ccccc1)C(=O)N1C[C@H](NC(=O)OC(C)(C)C)C[C@H](NC(=O)OC(C)(C)C)C1. The van der Waals surface area contributed by atoms with Crippen LogP contribution >= 0.6 is 0 Å². The zero-order valence-electron chi connectivity index (χ0n) is 29.9. The summed E-state index contributed by atoms with van der Waals surface area (Å²) in [6.07, 6.45) is -1.10. The zero-order valence-corrected chi connectivity index (χ0v) is 29.9. The fraction of sp³-hybridized carbons (Fsp3) is 0.676. The van der Waals surface area contributed by atoms with Gasteiger partial charge in [0.15, 0.2) is 0 Å². The van der Waals surface area contributed by atoms with Gasteiger partial charge in [-0.25, -0.2) is 19.2 Å². The fourth-order valence-corrected chi connectivity index (χ4v) is 4.80. The quantitative estimate of drug-likeness (QED) is 0.186. The number of piperidine rings is 1. The number of hydrogen-bond acceptors (Lipinski definition) is 9. The van der Waals surface area contributed by atoms with Gasteiger partial charge in [-0.15, -0.1) is 0 Å². The Labute approximate surface area is 284 Å². The highest BCUT2D eigenvalue weighted by molar-refractivity contribution is 5.86. The Morgan fingerprint density at radius 1 is 0.729 bits per heavy atom. The molecule has 4 N–H and O–H groups in total. The third-order valence-electron chi connectivity index (χ3n) is 6.59. The standard InChI is InChI=1S/C34H55N5O9/c1-32(2,3)46-28(41)35-18-14-13-17-26(38-29(42)45-22-23-15-11-10-12-16-23)27(40)39-20-24(36-30(43)47-33(4,5)6)19-25(21-39)37-31(44)48-34(7,8)9/h10-12,15-16,24-26H,13-14,17-22H2,1-9H3,(H,35,41)(H,36,43)(H,37,44)(H,38,42)/t24-,25+,26-/m0/s1. The van der Waals surface area contributed by atoms with Gasteiger partial charge in [0.05, 0.1) is 12.1 Å². The van der Waals surface area contributed by atoms with E-state index >= 15 is 0 Å². The Bertz CT molecular complexity index is 1180. The summed E-state index contributed by atoms with van der Waals surface area (Å²) in [6, 6.07) is 7.01. The van der Waals surface area contributed by atoms with Gasteiger partial charge >= 0.3 is 24.4 Å². The molecule has 0 aromatic heterocycles. The van der Waals surface area contributed by atoms with Gasteiger partial charge in [-0.05, 0) is 93.6 Å². The number of nitrogens with zero attached hydrogens (tertiary/aromatic N) is 1. The molecule has 270 valence electrons. The molecular formula is C34H55N5O9. The second-order valence-electron chi connectivity index (χ2n) is 14.8. The molecular weight excluding hydrogens is 622 g/mol. The number of amides is 5. The van der Waals surface area contributed by atoms with Crippen molar-refractivity contribution in [3.05, 3.63) is 35.9 Å². The molecule has 0 unspecified atom stereocenters. The van der Waals surface area contributed by atoms with Gasteiger partial charge < -0.3 is 45.1 Å². The minimum absolute atomic E-state index is 0.0148. The Hall–Kier alpha value is -4.23. The molecule has 14 heteroatoms. The van der Waals surface area contributed by atoms with Crippen molar-refractivity contribution in [2.75, 3.05) is 19.6 Å². The number of hydrogen-bond donors (Lipinski definition) is 4. The van der Waals surface area contributed by atoms with Gasteiger partial charge in [0.25, 0.3) is 0 Å². The Kier molecular flexibility index (Phi) is 14.8. The molecule has 2 rings (SSSR count). The number of likely N-dealkylation sites (tertiary alicyclic amines) is 1. The van der Waals surface area contributed by atoms with Crippen LogP contribution in [0.1, 0.15) is 93.6 Å². The molecule has 0 bridgehead atoms. The lowest BCUT2D eigenvalue weighted by Crippen LogP contribution is -2.61. The molecule has 0 radical (unpaired) electrons. The molecule has 1 aliphatic rings. The molecule has 48 heavy (non-hydrogen) atoms. The van der Waals surface area contributed by atoms with E-state index < -0.39 is 65.2 Å². The van der Waals surface area contributed by atoms with Crippen molar-refractivity contribution in [1.82, 2.24) is 26.2 Å². The van der Waals surface area contributed by atoms with Crippen LogP contribution < -0.4 is 21.3 Å². The minimum Gasteiger partial charge on any atom is -0.445 e. The highest BCUT2D eigenvalue weighted by Crippen LogP contribution is 2.17. The first-order valence-electron chi connectivity index (χ1n) is 16.4. The Morgan fingerprint density at radius 2 is 1.23 bits per heavy atom. The number of carbonyl (C=O) groups is 5. The molecule has 14 nitrogen and oxygen atoms in total. The number of nitrogens with one attached hydrogen (secondary N) is 4. The van der Waals surface area contributed by atoms with Crippen molar-refractivity contribution in [2.45, 2.75) is 130 Å². The summed E-state index contributed by atoms with van der Waals surface area (Å²) >= 11 is 0. The van der Waals surface area contributed by atoms with Crippen LogP contribution in [0, 0.1) is 0 Å². The van der Waals surface area contributed by atoms with E-state index in [4.69, 9.17) is 18.9 Å². The average Bonchev–Trinajstić information content (AvgIpc) is 2.92. The van der Waals surface area contributed by atoms with E-state index in [2.05, 4.69) is 21.3 Å². The molecule has 5 amide bonds. The number of benzene rings is 1. The molecule has 1 aromatic rings. The smallest absolute Gasteiger partial charge is 0.408 e. The third kappa shape index (κ3) is 17.1. The van der Waals surface area contributed by atoms with E-state index in [1.807, 2.05) is 30.3 Å². The monoisotopic (exact) mass is 677 g/mol. The molecule has 0 aliphatic carbocycles. The first-order chi connectivity index (χ1) is 22.2. The summed E-state index contributed by atoms with van der Waals surface area (Å²) < 4.78 is 21.5. The van der Waals surface area contributed by atoms with E-state index in [-0.39, 0.29) is 26.1 Å². The van der Waals surface area contributed by atoms with E-state index in [1.165, 1.54) is 4.90 Å². The van der Waals surface area contributed by atoms with Crippen molar-refractivity contribution < 1.29 is 42.9 Å². The topological polar surface area (TPSA) is 174 Å². The van der Waals surface area contributed by atoms with Crippen LogP contribution in [-0.4, -0.2) is 89.7 Å². The number of ether oxygens (including phenoxy) is 4. The van der Waals surface area contributed by atoms with Crippen LogP contribution in [0.2, 0.25) is 0 Å². The molecule has 1 saturated heterocycles. The maximum atomic E-state index is 14.0. The number of alkyl carbamates (subject to hydrolysis) is 4. The molecule has 3 atom stereocenters. The van der Waals surface area contributed by atoms with Crippen molar-refractivity contribution in [2.24, 2.45) is 0 Å². The van der Waals surface area contributed by atoms with Gasteiger partial charge in [-0.3, -0.25) is 4.79 Å². The predicted octanol–water partition coefficient (Wildman–Crippen LogP) is 5.00. The van der Waals surface area contributed by atoms with Crippen LogP contribution in [-0.2, 0) is 30.3 Å². The lowest BCUT2D eigenvalue weighted by Gasteiger charge is -2.40. The highest BCUT2D eigenvalue weighted by Gasteiger charge is 2.36. The maximum Gasteiger partial charge on any atom is 0.408 e. The molecule has 0 spiro atoms. The number of unbranched alkanes of at least 4 members (excludes halogenated alkanes) is 1. The van der Waals surface area contributed by atoms with Crippen LogP contribution in [0.15, 0.2) is 30.3 Å². The van der Waals surface area contributed by atoms with Crippen molar-refractivity contribution >= 4 is 30.3 Å². The summed E-state index contributed by atoms with van der Waals surface area (Å²) in [7, 11) is 0. The van der Waals surface area contributed by atoms with Crippen LogP contribution in [0.25, 0.3) is 0 Å². The van der Waals surface area contributed by atoms with Crippen LogP contribution in [0.3, 0.4) is 0 Å². The van der Waals surface area contributed by atoms with Gasteiger partial charge in [-0.2, -0.15) is 0 Å². The van der Waals surface area contributed by atoms with Crippen molar-refractivity contribution in [3.8, 4) is 0 Å². The van der Waals surface area contributed by atoms with Gasteiger partial charge in [0.2, 0.25) is 5.91 Å². The maximum absolute atomic E-state index is 14.0. The van der Waals surface area contributed by atoms with Crippen molar-refractivity contribution in [1.29, 1.82) is 0 Å². The molecule has 0 saturated carbocycles. The highest BCUT2D eigenvalue weighted by atomic mass is 16.6. The molecule has 1 aromatic carbocycles. The first-order valence-corrected chi connectivity index (χ1v) is 16.4. The lowest BCUT2D eigenvalue weighted by molar-refractivity contribution is -0.135. The Morgan fingerprint density at radius 3 is 1.73 bits per heavy atom. The summed E-state index contributed by atoms with van der Waals surface area (Å²) in [5.74, 6) is -0.418.